The minimum absolute atomic E-state index is 0.00613. The summed E-state index contributed by atoms with van der Waals surface area (Å²) in [5.41, 5.74) is -6.05. The third-order valence-corrected chi connectivity index (χ3v) is 7.44. The molecule has 4 aliphatic rings. The topological polar surface area (TPSA) is 43.5 Å². The zero-order valence-corrected chi connectivity index (χ0v) is 21.8. The number of nitrogens with zero attached hydrogens (tertiary/aromatic N) is 2. The molecule has 2 saturated heterocycles. The van der Waals surface area contributed by atoms with Crippen LogP contribution in [0.4, 0.5) is 18.9 Å². The lowest BCUT2D eigenvalue weighted by Crippen LogP contribution is -2.32. The number of allylic oxidation sites excluding steroid dienone is 5. The second-order valence-electron chi connectivity index (χ2n) is 10.2. The molecule has 2 aliphatic heterocycles. The SMILES string of the molecule is [2H]C1([2H])N(c2ccc3c(c2)C(C)(C)C2=CC(=[N+]4C([2H])([2H])C([2H])([2H])C([2H])([2H])C4([2H])[2H])C=CC2=C3c2c(F)c(C)c(F)c(F)c2C(=O)O)C([2H])([2H])C([2H])(C)C1([2H])[2H]. The van der Waals surface area contributed by atoms with Gasteiger partial charge in [0.2, 0.25) is 0 Å². The highest BCUT2D eigenvalue weighted by Crippen LogP contribution is 2.52. The summed E-state index contributed by atoms with van der Waals surface area (Å²) in [6.07, 6.45) is -6.68. The van der Waals surface area contributed by atoms with Gasteiger partial charge in [0.05, 0.1) is 0 Å². The summed E-state index contributed by atoms with van der Waals surface area (Å²) in [7, 11) is 0. The van der Waals surface area contributed by atoms with Crippen molar-refractivity contribution in [1.29, 1.82) is 0 Å². The maximum Gasteiger partial charge on any atom is 0.339 e. The molecule has 2 heterocycles. The fourth-order valence-electron chi connectivity index (χ4n) is 5.40. The molecule has 2 aliphatic carbocycles. The van der Waals surface area contributed by atoms with E-state index < -0.39 is 102 Å². The van der Waals surface area contributed by atoms with Gasteiger partial charge in [0.1, 0.15) is 29.9 Å². The van der Waals surface area contributed by atoms with E-state index in [0.717, 1.165) is 38.1 Å². The van der Waals surface area contributed by atoms with E-state index in [2.05, 4.69) is 0 Å². The summed E-state index contributed by atoms with van der Waals surface area (Å²) in [5, 5.41) is 10.1. The third-order valence-electron chi connectivity index (χ3n) is 7.44. The highest BCUT2D eigenvalue weighted by molar-refractivity contribution is 6.08. The largest absolute Gasteiger partial charge is 0.478 e. The molecule has 4 nitrogen and oxygen atoms in total. The molecule has 7 heteroatoms. The van der Waals surface area contributed by atoms with Crippen molar-refractivity contribution < 1.29 is 48.2 Å². The number of halogens is 3. The highest BCUT2D eigenvalue weighted by atomic mass is 19.2. The normalized spacial score (nSPS) is 37.8. The Morgan fingerprint density at radius 1 is 1.15 bits per heavy atom. The lowest BCUT2D eigenvalue weighted by molar-refractivity contribution is -0.504. The number of benzene rings is 2. The second-order valence-corrected chi connectivity index (χ2v) is 10.2. The monoisotopic (exact) mass is 562 g/mol. The number of carbonyl (C=O) groups is 1. The number of hydrogen-bond donors (Lipinski definition) is 1. The first-order valence-corrected chi connectivity index (χ1v) is 12.3. The predicted octanol–water partition coefficient (Wildman–Crippen LogP) is 6.79. The Labute approximate surface area is 253 Å². The van der Waals surface area contributed by atoms with Gasteiger partial charge in [-0.25, -0.2) is 22.5 Å². The average Bonchev–Trinajstić information content (AvgIpc) is 3.17. The first-order valence-electron chi connectivity index (χ1n) is 19.8. The molecule has 0 amide bonds. The van der Waals surface area contributed by atoms with Gasteiger partial charge >= 0.3 is 5.97 Å². The molecule has 2 fully saturated rings. The van der Waals surface area contributed by atoms with Gasteiger partial charge in [0.25, 0.3) is 0 Å². The highest BCUT2D eigenvalue weighted by Gasteiger charge is 2.42. The van der Waals surface area contributed by atoms with E-state index in [1.807, 2.05) is 0 Å². The Balaban J connectivity index is 1.77. The summed E-state index contributed by atoms with van der Waals surface area (Å²) in [6.45, 7) is -8.11. The zero-order valence-electron chi connectivity index (χ0n) is 36.8. The van der Waals surface area contributed by atoms with Crippen LogP contribution in [-0.4, -0.2) is 47.4 Å². The standard InChI is InChI=1S/C33H33F3N2O2/c1-18-11-14-38(17-18)21-8-10-23-25(16-21)33(3,4)24-15-20(37-12-5-6-13-37)7-9-22(24)26(23)27-28(32(39)40)31(36)30(35)19(2)29(27)34/h7-10,15-16,18H,5-6,11-14,17H2,1-4H3/p+1/i5D2,6D2,11D2,12D2,13D2,14D2,17D2,18D. The molecule has 0 aromatic heterocycles. The van der Waals surface area contributed by atoms with Crippen LogP contribution in [0.25, 0.3) is 5.57 Å². The molecule has 40 heavy (non-hydrogen) atoms. The van der Waals surface area contributed by atoms with Crippen molar-refractivity contribution in [2.75, 3.05) is 30.9 Å². The Morgan fingerprint density at radius 2 is 1.88 bits per heavy atom. The molecule has 0 bridgehead atoms. The van der Waals surface area contributed by atoms with Crippen LogP contribution in [0.5, 0.6) is 0 Å². The summed E-state index contributed by atoms with van der Waals surface area (Å²) < 4.78 is 175. The first kappa shape index (κ1) is 14.3. The summed E-state index contributed by atoms with van der Waals surface area (Å²) in [6, 6.07) is 3.49. The van der Waals surface area contributed by atoms with Gasteiger partial charge in [0, 0.05) is 80.8 Å². The maximum absolute atomic E-state index is 16.4. The van der Waals surface area contributed by atoms with Gasteiger partial charge in [-0.1, -0.05) is 26.8 Å². The summed E-state index contributed by atoms with van der Waals surface area (Å²) >= 11 is 0. The van der Waals surface area contributed by atoms with E-state index in [1.165, 1.54) is 26.0 Å². The van der Waals surface area contributed by atoms with Gasteiger partial charge in [-0.05, 0) is 59.7 Å². The van der Waals surface area contributed by atoms with E-state index in [1.54, 1.807) is 0 Å². The maximum atomic E-state index is 16.4. The number of hydrogen-bond acceptors (Lipinski definition) is 2. The predicted molar refractivity (Wildman–Crippen MR) is 151 cm³/mol. The Morgan fingerprint density at radius 3 is 2.52 bits per heavy atom. The molecule has 0 spiro atoms. The fourth-order valence-corrected chi connectivity index (χ4v) is 5.40. The molecule has 0 saturated carbocycles. The number of anilines is 1. The van der Waals surface area contributed by atoms with Crippen molar-refractivity contribution in [2.24, 2.45) is 5.89 Å². The van der Waals surface area contributed by atoms with Gasteiger partial charge in [-0.2, -0.15) is 0 Å². The van der Waals surface area contributed by atoms with Crippen molar-refractivity contribution in [1.82, 2.24) is 0 Å². The molecule has 208 valence electrons. The Hall–Kier alpha value is -3.61. The average molecular weight is 563 g/mol. The molecular formula is C33H34F3N2O2+. The lowest BCUT2D eigenvalue weighted by Gasteiger charge is -2.40. The Kier molecular flexibility index (Phi) is 3.40. The zero-order chi connectivity index (χ0) is 42.0. The van der Waals surface area contributed by atoms with Crippen molar-refractivity contribution >= 4 is 22.9 Å². The number of aromatic carboxylic acids is 1. The lowest BCUT2D eigenvalue weighted by atomic mass is 9.64. The van der Waals surface area contributed by atoms with E-state index in [-0.39, 0.29) is 38.1 Å². The van der Waals surface area contributed by atoms with E-state index >= 15 is 8.78 Å². The van der Waals surface area contributed by atoms with Gasteiger partial charge in [-0.3, -0.25) is 0 Å². The number of fused-ring (bicyclic) bond motifs is 2. The molecule has 0 radical (unpaired) electrons. The third kappa shape index (κ3) is 3.96. The first-order chi connectivity index (χ1) is 24.6. The quantitative estimate of drug-likeness (QED) is 0.331. The van der Waals surface area contributed by atoms with Crippen molar-refractivity contribution in [3.05, 3.63) is 92.8 Å². The van der Waals surface area contributed by atoms with Crippen LogP contribution < -0.4 is 4.90 Å². The van der Waals surface area contributed by atoms with E-state index in [4.69, 9.17) is 20.6 Å². The minimum atomic E-state index is -3.44. The smallest absolute Gasteiger partial charge is 0.339 e. The summed E-state index contributed by atoms with van der Waals surface area (Å²) in [4.78, 5) is 13.0. The van der Waals surface area contributed by atoms with Crippen molar-refractivity contribution in [3.8, 4) is 0 Å². The van der Waals surface area contributed by atoms with E-state index in [9.17, 15) is 14.3 Å². The fraction of sp³-hybridized carbons (Fsp3) is 0.394. The van der Waals surface area contributed by atoms with Gasteiger partial charge in [-0.15, -0.1) is 0 Å². The van der Waals surface area contributed by atoms with Crippen LogP contribution in [0.3, 0.4) is 0 Å². The van der Waals surface area contributed by atoms with Crippen LogP contribution in [0.1, 0.15) is 93.1 Å². The number of carboxylic acid groups (broad SMARTS) is 1. The van der Waals surface area contributed by atoms with E-state index in [0.29, 0.717) is 4.90 Å². The number of rotatable bonds is 3. The van der Waals surface area contributed by atoms with Gasteiger partial charge in [0.15, 0.2) is 17.3 Å². The van der Waals surface area contributed by atoms with Crippen molar-refractivity contribution in [3.63, 3.8) is 0 Å². The second kappa shape index (κ2) is 9.50. The molecule has 1 unspecified atom stereocenters. The summed E-state index contributed by atoms with van der Waals surface area (Å²) in [5.74, 6) is -9.96. The minimum Gasteiger partial charge on any atom is -0.478 e. The molecule has 2 aromatic rings. The molecule has 1 atom stereocenters. The van der Waals surface area contributed by atoms with Crippen LogP contribution >= 0.6 is 0 Å². The van der Waals surface area contributed by atoms with Crippen LogP contribution in [-0.2, 0) is 5.41 Å². The number of carboxylic acids is 1. The van der Waals surface area contributed by atoms with Gasteiger partial charge < -0.3 is 10.0 Å². The Bertz CT molecular complexity index is 2200. The van der Waals surface area contributed by atoms with Crippen LogP contribution in [0.2, 0.25) is 0 Å². The molecular weight excluding hydrogens is 513 g/mol. The molecule has 1 N–H and O–H groups in total. The molecule has 2 aromatic carbocycles. The van der Waals surface area contributed by atoms with Crippen LogP contribution in [0.15, 0.2) is 47.6 Å². The molecule has 6 rings (SSSR count). The van der Waals surface area contributed by atoms with Crippen molar-refractivity contribution in [2.45, 2.75) is 52.2 Å². The van der Waals surface area contributed by atoms with Crippen LogP contribution in [0, 0.1) is 30.3 Å².